The predicted octanol–water partition coefficient (Wildman–Crippen LogP) is 3.28. The van der Waals surface area contributed by atoms with Gasteiger partial charge in [-0.3, -0.25) is 9.59 Å². The number of carbonyl (C=O) groups is 3. The van der Waals surface area contributed by atoms with Crippen molar-refractivity contribution in [2.24, 2.45) is 0 Å². The molecule has 7 heteroatoms. The molecule has 144 valence electrons. The highest BCUT2D eigenvalue weighted by Crippen LogP contribution is 2.28. The van der Waals surface area contributed by atoms with Gasteiger partial charge in [-0.05, 0) is 51.5 Å². The number of rotatable bonds is 9. The van der Waals surface area contributed by atoms with E-state index in [4.69, 9.17) is 14.2 Å². The molecule has 27 heavy (non-hydrogen) atoms. The number of aldehydes is 1. The number of H-pyrrole nitrogens is 1. The Morgan fingerprint density at radius 3 is 2.44 bits per heavy atom. The first-order chi connectivity index (χ1) is 12.9. The van der Waals surface area contributed by atoms with E-state index in [1.165, 1.54) is 0 Å². The van der Waals surface area contributed by atoms with E-state index in [-0.39, 0.29) is 19.0 Å². The minimum atomic E-state index is -0.466. The molecule has 0 aliphatic carbocycles. The van der Waals surface area contributed by atoms with Crippen LogP contribution in [0, 0.1) is 13.8 Å². The summed E-state index contributed by atoms with van der Waals surface area (Å²) in [5, 5.41) is 0. The third kappa shape index (κ3) is 4.55. The molecule has 2 aromatic rings. The Balaban J connectivity index is 2.18. The lowest BCUT2D eigenvalue weighted by molar-refractivity contribution is 0.0525. The molecule has 1 heterocycles. The highest BCUT2D eigenvalue weighted by Gasteiger charge is 2.23. The number of aryl methyl sites for hydroxylation is 1. The van der Waals surface area contributed by atoms with Crippen LogP contribution in [0.3, 0.4) is 0 Å². The van der Waals surface area contributed by atoms with Crippen LogP contribution in [0.15, 0.2) is 18.2 Å². The second kappa shape index (κ2) is 9.02. The van der Waals surface area contributed by atoms with Gasteiger partial charge < -0.3 is 19.2 Å². The molecule has 7 nitrogen and oxygen atoms in total. The summed E-state index contributed by atoms with van der Waals surface area (Å²) in [7, 11) is 0. The van der Waals surface area contributed by atoms with Crippen molar-refractivity contribution in [3.63, 3.8) is 0 Å². The van der Waals surface area contributed by atoms with Crippen LogP contribution in [0.5, 0.6) is 11.5 Å². The van der Waals surface area contributed by atoms with Gasteiger partial charge in [0, 0.05) is 11.3 Å². The number of hydrogen-bond donors (Lipinski definition) is 1. The number of ether oxygens (including phenoxy) is 3. The van der Waals surface area contributed by atoms with Crippen molar-refractivity contribution >= 4 is 18.0 Å². The average Bonchev–Trinajstić information content (AvgIpc) is 2.95. The Bertz CT molecular complexity index is 852. The molecular weight excluding hydrogens is 350 g/mol. The summed E-state index contributed by atoms with van der Waals surface area (Å²) >= 11 is 0. The summed E-state index contributed by atoms with van der Waals surface area (Å²) in [5.74, 6) is -0.0243. The summed E-state index contributed by atoms with van der Waals surface area (Å²) in [6.07, 6.45) is 0.708. The normalized spacial score (nSPS) is 10.4. The fraction of sp³-hybridized carbons (Fsp3) is 0.350. The van der Waals surface area contributed by atoms with E-state index < -0.39 is 5.97 Å². The van der Waals surface area contributed by atoms with Gasteiger partial charge in [-0.15, -0.1) is 0 Å². The first kappa shape index (κ1) is 20.2. The van der Waals surface area contributed by atoms with E-state index in [0.29, 0.717) is 52.5 Å². The number of nitrogens with one attached hydrogen (secondary N) is 1. The minimum Gasteiger partial charge on any atom is -0.490 e. The van der Waals surface area contributed by atoms with Crippen LogP contribution in [0.25, 0.3) is 0 Å². The number of ketones is 1. The molecular formula is C20H23NO6. The van der Waals surface area contributed by atoms with E-state index in [1.807, 2.05) is 6.92 Å². The third-order valence-corrected chi connectivity index (χ3v) is 3.96. The van der Waals surface area contributed by atoms with Crippen LogP contribution in [-0.4, -0.2) is 42.8 Å². The number of aromatic amines is 1. The molecule has 0 spiro atoms. The van der Waals surface area contributed by atoms with Gasteiger partial charge in [0.1, 0.15) is 6.29 Å². The van der Waals surface area contributed by atoms with Crippen molar-refractivity contribution in [1.29, 1.82) is 0 Å². The van der Waals surface area contributed by atoms with Crippen molar-refractivity contribution in [1.82, 2.24) is 4.98 Å². The van der Waals surface area contributed by atoms with Crippen LogP contribution >= 0.6 is 0 Å². The zero-order valence-electron chi connectivity index (χ0n) is 15.9. The number of aromatic nitrogens is 1. The summed E-state index contributed by atoms with van der Waals surface area (Å²) in [6.45, 7) is 7.33. The largest absolute Gasteiger partial charge is 0.490 e. The third-order valence-electron chi connectivity index (χ3n) is 3.96. The fourth-order valence-corrected chi connectivity index (χ4v) is 2.74. The van der Waals surface area contributed by atoms with Crippen molar-refractivity contribution < 1.29 is 28.6 Å². The van der Waals surface area contributed by atoms with Gasteiger partial charge in [0.15, 0.2) is 18.1 Å². The molecule has 0 atom stereocenters. The molecule has 0 aliphatic rings. The summed E-state index contributed by atoms with van der Waals surface area (Å²) in [6, 6.07) is 4.72. The minimum absolute atomic E-state index is 0.246. The Hall–Kier alpha value is -3.09. The van der Waals surface area contributed by atoms with E-state index in [0.717, 1.165) is 0 Å². The Kier molecular flexibility index (Phi) is 6.76. The summed E-state index contributed by atoms with van der Waals surface area (Å²) < 4.78 is 16.1. The van der Waals surface area contributed by atoms with Gasteiger partial charge in [-0.2, -0.15) is 0 Å². The molecule has 1 aromatic heterocycles. The quantitative estimate of drug-likeness (QED) is 0.412. The Morgan fingerprint density at radius 1 is 1.07 bits per heavy atom. The zero-order valence-corrected chi connectivity index (χ0v) is 15.9. The maximum absolute atomic E-state index is 12.6. The summed E-state index contributed by atoms with van der Waals surface area (Å²) in [5.41, 5.74) is 2.22. The maximum atomic E-state index is 12.6. The molecule has 1 N–H and O–H groups in total. The second-order valence-electron chi connectivity index (χ2n) is 5.81. The number of carbonyl (C=O) groups excluding carboxylic acids is 3. The van der Waals surface area contributed by atoms with Crippen molar-refractivity contribution in [2.75, 3.05) is 19.8 Å². The molecule has 2 rings (SSSR count). The lowest BCUT2D eigenvalue weighted by Crippen LogP contribution is -2.14. The zero-order chi connectivity index (χ0) is 20.0. The van der Waals surface area contributed by atoms with Gasteiger partial charge in [-0.1, -0.05) is 0 Å². The topological polar surface area (TPSA) is 94.7 Å². The Morgan fingerprint density at radius 2 is 1.81 bits per heavy atom. The second-order valence-corrected chi connectivity index (χ2v) is 5.81. The van der Waals surface area contributed by atoms with E-state index >= 15 is 0 Å². The van der Waals surface area contributed by atoms with Crippen molar-refractivity contribution in [2.45, 2.75) is 27.7 Å². The van der Waals surface area contributed by atoms with Crippen LogP contribution in [0.2, 0.25) is 0 Å². The smallest absolute Gasteiger partial charge is 0.340 e. The van der Waals surface area contributed by atoms with Crippen LogP contribution in [0.1, 0.15) is 56.3 Å². The van der Waals surface area contributed by atoms with Crippen molar-refractivity contribution in [3.05, 3.63) is 46.3 Å². The van der Waals surface area contributed by atoms with Crippen LogP contribution < -0.4 is 9.47 Å². The molecule has 0 fully saturated rings. The van der Waals surface area contributed by atoms with Crippen LogP contribution in [0.4, 0.5) is 0 Å². The van der Waals surface area contributed by atoms with E-state index in [2.05, 4.69) is 4.98 Å². The maximum Gasteiger partial charge on any atom is 0.340 e. The van der Waals surface area contributed by atoms with E-state index in [1.54, 1.807) is 39.0 Å². The SMILES string of the molecule is CCOC(=O)c1c(C)[nH]c(C(=O)COc2ccc(C=O)cc2OCC)c1C. The predicted molar refractivity (Wildman–Crippen MR) is 99.0 cm³/mol. The van der Waals surface area contributed by atoms with Gasteiger partial charge in [0.25, 0.3) is 0 Å². The fourth-order valence-electron chi connectivity index (χ4n) is 2.74. The molecule has 0 saturated heterocycles. The first-order valence-corrected chi connectivity index (χ1v) is 8.67. The number of hydrogen-bond acceptors (Lipinski definition) is 6. The summed E-state index contributed by atoms with van der Waals surface area (Å²) in [4.78, 5) is 38.5. The average molecular weight is 373 g/mol. The lowest BCUT2D eigenvalue weighted by Gasteiger charge is -2.12. The number of Topliss-reactive ketones (excluding diaryl/α,β-unsaturated/α-hetero) is 1. The van der Waals surface area contributed by atoms with Gasteiger partial charge in [0.05, 0.1) is 24.5 Å². The van der Waals surface area contributed by atoms with E-state index in [9.17, 15) is 14.4 Å². The monoisotopic (exact) mass is 373 g/mol. The van der Waals surface area contributed by atoms with Gasteiger partial charge >= 0.3 is 5.97 Å². The van der Waals surface area contributed by atoms with Crippen molar-refractivity contribution in [3.8, 4) is 11.5 Å². The molecule has 0 bridgehead atoms. The van der Waals surface area contributed by atoms with Gasteiger partial charge in [-0.25, -0.2) is 4.79 Å². The molecule has 0 radical (unpaired) electrons. The standard InChI is InChI=1S/C20H23NO6/c1-5-25-17-9-14(10-22)7-8-16(17)27-11-15(23)19-12(3)18(13(4)21-19)20(24)26-6-2/h7-10,21H,5-6,11H2,1-4H3. The molecule has 0 aliphatic heterocycles. The molecule has 0 unspecified atom stereocenters. The number of benzene rings is 1. The molecule has 1 aromatic carbocycles. The highest BCUT2D eigenvalue weighted by molar-refractivity contribution is 6.02. The molecule has 0 saturated carbocycles. The lowest BCUT2D eigenvalue weighted by atomic mass is 10.1. The number of esters is 1. The molecule has 0 amide bonds. The van der Waals surface area contributed by atoms with Crippen LogP contribution in [-0.2, 0) is 4.74 Å². The highest BCUT2D eigenvalue weighted by atomic mass is 16.5. The van der Waals surface area contributed by atoms with Gasteiger partial charge in [0.2, 0.25) is 5.78 Å². The first-order valence-electron chi connectivity index (χ1n) is 8.67. The Labute approximate surface area is 157 Å².